The largest absolute Gasteiger partial charge is 0.469 e. The molecule has 0 saturated carbocycles. The van der Waals surface area contributed by atoms with Crippen LogP contribution in [0.4, 0.5) is 0 Å². The van der Waals surface area contributed by atoms with Crippen LogP contribution in [0.25, 0.3) is 0 Å². The van der Waals surface area contributed by atoms with Gasteiger partial charge in [-0.1, -0.05) is 29.9 Å². The van der Waals surface area contributed by atoms with Crippen molar-refractivity contribution in [3.63, 3.8) is 0 Å². The predicted molar refractivity (Wildman–Crippen MR) is 115 cm³/mol. The molecule has 8 heteroatoms. The van der Waals surface area contributed by atoms with E-state index in [1.54, 1.807) is 23.5 Å². The minimum absolute atomic E-state index is 0.185. The molecule has 4 nitrogen and oxygen atoms in total. The Morgan fingerprint density at radius 2 is 1.48 bits per heavy atom. The quantitative estimate of drug-likeness (QED) is 0.280. The van der Waals surface area contributed by atoms with Gasteiger partial charge in [0.25, 0.3) is 0 Å². The summed E-state index contributed by atoms with van der Waals surface area (Å²) in [5.74, 6) is 2.29. The lowest BCUT2D eigenvalue weighted by atomic mass is 10.1. The van der Waals surface area contributed by atoms with Gasteiger partial charge in [0.05, 0.1) is 7.11 Å². The van der Waals surface area contributed by atoms with Gasteiger partial charge < -0.3 is 4.74 Å². The number of ether oxygens (including phenoxy) is 1. The van der Waals surface area contributed by atoms with Crippen molar-refractivity contribution in [1.29, 1.82) is 0 Å². The van der Waals surface area contributed by atoms with E-state index >= 15 is 0 Å². The molecular weight excluding hydrogens is 396 g/mol. The van der Waals surface area contributed by atoms with Crippen LogP contribution in [-0.4, -0.2) is 58.3 Å². The number of hydrogen-bond donors (Lipinski definition) is 0. The summed E-state index contributed by atoms with van der Waals surface area (Å²) >= 11 is 6.16. The monoisotopic (exact) mass is 426 g/mol. The molecule has 0 spiro atoms. The third kappa shape index (κ3) is 16.1. The highest BCUT2D eigenvalue weighted by Crippen LogP contribution is 2.26. The first kappa shape index (κ1) is 25.2. The molecule has 0 saturated heterocycles. The Morgan fingerprint density at radius 3 is 2.08 bits per heavy atom. The average molecular weight is 427 g/mol. The highest BCUT2D eigenvalue weighted by molar-refractivity contribution is 8.14. The number of carbonyl (C=O) groups is 3. The van der Waals surface area contributed by atoms with Gasteiger partial charge in [0.2, 0.25) is 0 Å². The van der Waals surface area contributed by atoms with Crippen molar-refractivity contribution in [2.45, 2.75) is 50.2 Å². The molecule has 0 N–H and O–H groups in total. The van der Waals surface area contributed by atoms with Gasteiger partial charge in [-0.3, -0.25) is 14.4 Å². The van der Waals surface area contributed by atoms with Crippen LogP contribution in [0.2, 0.25) is 0 Å². The Kier molecular flexibility index (Phi) is 17.8. The van der Waals surface area contributed by atoms with E-state index in [1.165, 1.54) is 30.6 Å². The van der Waals surface area contributed by atoms with Crippen molar-refractivity contribution in [1.82, 2.24) is 0 Å². The second kappa shape index (κ2) is 17.6. The first-order valence-corrected chi connectivity index (χ1v) is 13.1. The van der Waals surface area contributed by atoms with Crippen LogP contribution in [0.3, 0.4) is 0 Å². The van der Waals surface area contributed by atoms with Crippen molar-refractivity contribution < 1.29 is 19.1 Å². The molecule has 0 aliphatic heterocycles. The van der Waals surface area contributed by atoms with Gasteiger partial charge >= 0.3 is 5.97 Å². The van der Waals surface area contributed by atoms with Gasteiger partial charge in [0.15, 0.2) is 10.2 Å². The topological polar surface area (TPSA) is 60.4 Å². The number of unbranched alkanes of at least 4 members (excludes halogenated alkanes) is 1. The standard InChI is InChI=1S/C17H30O4S4/c1-21-15(18)7-5-4-6-14(25-17(20)10-12-23-3)8-13-24-16(19)9-11-22-2/h14H,4-13H2,1-3H3/t14-/m1/s1. The van der Waals surface area contributed by atoms with E-state index < -0.39 is 0 Å². The Hall–Kier alpha value is 0.210. The molecule has 0 aliphatic carbocycles. The van der Waals surface area contributed by atoms with Crippen LogP contribution in [0.15, 0.2) is 0 Å². The Labute approximate surface area is 169 Å². The SMILES string of the molecule is COC(=O)CCCC[C@H](CCSC(=O)CCSC)SC(=O)CCSC. The molecule has 0 aliphatic rings. The fraction of sp³-hybridized carbons (Fsp3) is 0.824. The summed E-state index contributed by atoms with van der Waals surface area (Å²) in [4.78, 5) is 34.9. The Balaban J connectivity index is 4.20. The Bertz CT molecular complexity index is 391. The number of thioether (sulfide) groups is 4. The summed E-state index contributed by atoms with van der Waals surface area (Å²) in [5.41, 5.74) is 0. The average Bonchev–Trinajstić information content (AvgIpc) is 2.61. The van der Waals surface area contributed by atoms with Gasteiger partial charge in [-0.15, -0.1) is 0 Å². The van der Waals surface area contributed by atoms with E-state index in [4.69, 9.17) is 0 Å². The Morgan fingerprint density at radius 1 is 0.840 bits per heavy atom. The van der Waals surface area contributed by atoms with Crippen molar-refractivity contribution in [3.8, 4) is 0 Å². The molecule has 0 fully saturated rings. The fourth-order valence-electron chi connectivity index (χ4n) is 2.00. The summed E-state index contributed by atoms with van der Waals surface area (Å²) < 4.78 is 4.65. The summed E-state index contributed by atoms with van der Waals surface area (Å²) in [5, 5.41) is 0.691. The van der Waals surface area contributed by atoms with Gasteiger partial charge in [-0.2, -0.15) is 23.5 Å². The maximum Gasteiger partial charge on any atom is 0.305 e. The van der Waals surface area contributed by atoms with Crippen molar-refractivity contribution in [2.75, 3.05) is 36.9 Å². The molecule has 25 heavy (non-hydrogen) atoms. The minimum Gasteiger partial charge on any atom is -0.469 e. The highest BCUT2D eigenvalue weighted by Gasteiger charge is 2.16. The normalized spacial score (nSPS) is 12.0. The zero-order chi connectivity index (χ0) is 18.9. The van der Waals surface area contributed by atoms with E-state index in [2.05, 4.69) is 4.74 Å². The summed E-state index contributed by atoms with van der Waals surface area (Å²) in [6.45, 7) is 0. The van der Waals surface area contributed by atoms with Crippen molar-refractivity contribution in [3.05, 3.63) is 0 Å². The van der Waals surface area contributed by atoms with Crippen LogP contribution in [0.5, 0.6) is 0 Å². The summed E-state index contributed by atoms with van der Waals surface area (Å²) in [6, 6.07) is 0. The summed E-state index contributed by atoms with van der Waals surface area (Å²) in [6.07, 6.45) is 9.04. The summed E-state index contributed by atoms with van der Waals surface area (Å²) in [7, 11) is 1.40. The minimum atomic E-state index is -0.185. The lowest BCUT2D eigenvalue weighted by Crippen LogP contribution is -2.10. The first-order chi connectivity index (χ1) is 12.0. The van der Waals surface area contributed by atoms with E-state index in [-0.39, 0.29) is 21.4 Å². The first-order valence-electron chi connectivity index (χ1n) is 8.43. The molecule has 0 unspecified atom stereocenters. The third-order valence-corrected chi connectivity index (χ3v) is 6.87. The predicted octanol–water partition coefficient (Wildman–Crippen LogP) is 4.50. The van der Waals surface area contributed by atoms with Gasteiger partial charge in [0.1, 0.15) is 0 Å². The molecule has 0 amide bonds. The van der Waals surface area contributed by atoms with Crippen molar-refractivity contribution >= 4 is 63.2 Å². The van der Waals surface area contributed by atoms with Crippen LogP contribution in [0.1, 0.15) is 44.9 Å². The van der Waals surface area contributed by atoms with E-state index in [0.717, 1.165) is 42.9 Å². The molecule has 0 aromatic rings. The molecule has 0 rings (SSSR count). The number of hydrogen-bond acceptors (Lipinski definition) is 8. The van der Waals surface area contributed by atoms with E-state index in [0.29, 0.717) is 19.3 Å². The fourth-order valence-corrected chi connectivity index (χ4v) is 5.17. The molecule has 146 valence electrons. The third-order valence-electron chi connectivity index (χ3n) is 3.41. The van der Waals surface area contributed by atoms with Crippen LogP contribution in [-0.2, 0) is 19.1 Å². The second-order valence-corrected chi connectivity index (χ2v) is 9.91. The zero-order valence-corrected chi connectivity index (χ0v) is 18.7. The van der Waals surface area contributed by atoms with Gasteiger partial charge in [-0.05, 0) is 31.8 Å². The molecular formula is C17H30O4S4. The maximum absolute atomic E-state index is 12.0. The smallest absolute Gasteiger partial charge is 0.305 e. The lowest BCUT2D eigenvalue weighted by Gasteiger charge is -2.15. The number of esters is 1. The van der Waals surface area contributed by atoms with E-state index in [1.807, 2.05) is 12.5 Å². The number of carbonyl (C=O) groups excluding carboxylic acids is 3. The van der Waals surface area contributed by atoms with Crippen LogP contribution < -0.4 is 0 Å². The van der Waals surface area contributed by atoms with E-state index in [9.17, 15) is 14.4 Å². The molecule has 0 radical (unpaired) electrons. The highest BCUT2D eigenvalue weighted by atomic mass is 32.2. The molecule has 0 aromatic carbocycles. The lowest BCUT2D eigenvalue weighted by molar-refractivity contribution is -0.140. The van der Waals surface area contributed by atoms with Gasteiger partial charge in [0, 0.05) is 41.8 Å². The second-order valence-electron chi connectivity index (χ2n) is 5.43. The molecule has 1 atom stereocenters. The molecule has 0 heterocycles. The maximum atomic E-state index is 12.0. The molecule has 0 bridgehead atoms. The number of rotatable bonds is 15. The van der Waals surface area contributed by atoms with Crippen LogP contribution >= 0.6 is 47.0 Å². The zero-order valence-electron chi connectivity index (χ0n) is 15.4. The molecule has 0 aromatic heterocycles. The number of methoxy groups -OCH3 is 1. The van der Waals surface area contributed by atoms with Crippen LogP contribution in [0, 0.1) is 0 Å². The van der Waals surface area contributed by atoms with Crippen molar-refractivity contribution in [2.24, 2.45) is 0 Å². The van der Waals surface area contributed by atoms with Gasteiger partial charge in [-0.25, -0.2) is 0 Å².